The second-order valence-electron chi connectivity index (χ2n) is 6.62. The van der Waals surface area contributed by atoms with Crippen molar-refractivity contribution in [3.05, 3.63) is 59.7 Å². The van der Waals surface area contributed by atoms with E-state index in [9.17, 15) is 14.7 Å². The number of carboxylic acid groups (broad SMARTS) is 1. The van der Waals surface area contributed by atoms with Crippen molar-refractivity contribution >= 4 is 29.0 Å². The number of carbonyl (C=O) groups excluding carboxylic acids is 1. The number of carboxylic acids is 1. The van der Waals surface area contributed by atoms with Crippen molar-refractivity contribution in [2.24, 2.45) is 5.10 Å². The van der Waals surface area contributed by atoms with E-state index in [0.717, 1.165) is 24.4 Å². The van der Waals surface area contributed by atoms with Gasteiger partial charge in [-0.15, -0.1) is 0 Å². The third-order valence-electron chi connectivity index (χ3n) is 4.90. The van der Waals surface area contributed by atoms with Gasteiger partial charge in [0, 0.05) is 36.5 Å². The summed E-state index contributed by atoms with van der Waals surface area (Å²) in [7, 11) is 0. The summed E-state index contributed by atoms with van der Waals surface area (Å²) >= 11 is 0. The van der Waals surface area contributed by atoms with Crippen molar-refractivity contribution in [2.45, 2.75) is 19.3 Å². The molecular formula is C20H19N3O3. The van der Waals surface area contributed by atoms with Crippen LogP contribution in [0.3, 0.4) is 0 Å². The fraction of sp³-hybridized carbons (Fsp3) is 0.250. The SMILES string of the molecule is CC1=NN(c2ccc(C(=O)N3CC(C(=O)O)c4ccccc43)cc2)CC1. The number of aliphatic carboxylic acids is 1. The summed E-state index contributed by atoms with van der Waals surface area (Å²) in [5.74, 6) is -1.78. The number of para-hydroxylation sites is 1. The molecule has 6 nitrogen and oxygen atoms in total. The van der Waals surface area contributed by atoms with Crippen LogP contribution in [-0.2, 0) is 4.79 Å². The van der Waals surface area contributed by atoms with Crippen LogP contribution in [0.4, 0.5) is 11.4 Å². The molecular weight excluding hydrogens is 330 g/mol. The lowest BCUT2D eigenvalue weighted by Gasteiger charge is -2.18. The van der Waals surface area contributed by atoms with Gasteiger partial charge in [-0.05, 0) is 42.8 Å². The van der Waals surface area contributed by atoms with Crippen molar-refractivity contribution in [3.63, 3.8) is 0 Å². The van der Waals surface area contributed by atoms with Gasteiger partial charge in [0.25, 0.3) is 5.91 Å². The van der Waals surface area contributed by atoms with Gasteiger partial charge >= 0.3 is 5.97 Å². The highest BCUT2D eigenvalue weighted by atomic mass is 16.4. The summed E-state index contributed by atoms with van der Waals surface area (Å²) in [6.07, 6.45) is 0.946. The fourth-order valence-corrected chi connectivity index (χ4v) is 3.50. The van der Waals surface area contributed by atoms with Gasteiger partial charge in [0.05, 0.1) is 5.69 Å². The molecule has 2 aliphatic heterocycles. The first-order valence-electron chi connectivity index (χ1n) is 8.60. The van der Waals surface area contributed by atoms with E-state index in [1.807, 2.05) is 30.1 Å². The van der Waals surface area contributed by atoms with E-state index in [-0.39, 0.29) is 12.5 Å². The van der Waals surface area contributed by atoms with Crippen LogP contribution in [0.2, 0.25) is 0 Å². The highest BCUT2D eigenvalue weighted by molar-refractivity contribution is 6.09. The summed E-state index contributed by atoms with van der Waals surface area (Å²) in [5.41, 5.74) is 3.94. The van der Waals surface area contributed by atoms with Gasteiger partial charge in [-0.1, -0.05) is 18.2 Å². The Morgan fingerprint density at radius 2 is 1.85 bits per heavy atom. The smallest absolute Gasteiger partial charge is 0.312 e. The van der Waals surface area contributed by atoms with Gasteiger partial charge in [-0.2, -0.15) is 5.10 Å². The van der Waals surface area contributed by atoms with E-state index in [2.05, 4.69) is 5.10 Å². The number of amides is 1. The molecule has 0 spiro atoms. The minimum Gasteiger partial charge on any atom is -0.481 e. The maximum absolute atomic E-state index is 13.0. The van der Waals surface area contributed by atoms with Gasteiger partial charge in [-0.25, -0.2) is 0 Å². The monoisotopic (exact) mass is 349 g/mol. The second-order valence-corrected chi connectivity index (χ2v) is 6.62. The first kappa shape index (κ1) is 16.3. The standard InChI is InChI=1S/C20H19N3O3/c1-13-10-11-23(21-13)15-8-6-14(7-9-15)19(24)22-12-17(20(25)26)16-4-2-3-5-18(16)22/h2-9,17H,10-12H2,1H3,(H,25,26). The maximum Gasteiger partial charge on any atom is 0.312 e. The molecule has 1 unspecified atom stereocenters. The Morgan fingerprint density at radius 1 is 1.12 bits per heavy atom. The molecule has 26 heavy (non-hydrogen) atoms. The Hall–Kier alpha value is -3.15. The average Bonchev–Trinajstić information content (AvgIpc) is 3.25. The highest BCUT2D eigenvalue weighted by Crippen LogP contribution is 2.37. The number of benzene rings is 2. The summed E-state index contributed by atoms with van der Waals surface area (Å²) in [5, 5.41) is 15.8. The zero-order valence-corrected chi connectivity index (χ0v) is 14.4. The summed E-state index contributed by atoms with van der Waals surface area (Å²) in [6, 6.07) is 14.5. The van der Waals surface area contributed by atoms with Gasteiger partial charge < -0.3 is 10.0 Å². The third-order valence-corrected chi connectivity index (χ3v) is 4.90. The molecule has 0 aliphatic carbocycles. The van der Waals surface area contributed by atoms with Crippen LogP contribution < -0.4 is 9.91 Å². The highest BCUT2D eigenvalue weighted by Gasteiger charge is 2.36. The first-order chi connectivity index (χ1) is 12.5. The van der Waals surface area contributed by atoms with Crippen molar-refractivity contribution in [1.82, 2.24) is 0 Å². The Balaban J connectivity index is 1.59. The second kappa shape index (κ2) is 6.29. The Bertz CT molecular complexity index is 905. The van der Waals surface area contributed by atoms with E-state index >= 15 is 0 Å². The molecule has 1 N–H and O–H groups in total. The average molecular weight is 349 g/mol. The lowest BCUT2D eigenvalue weighted by Crippen LogP contribution is -2.31. The van der Waals surface area contributed by atoms with Gasteiger partial charge in [0.2, 0.25) is 0 Å². The quantitative estimate of drug-likeness (QED) is 0.924. The molecule has 6 heteroatoms. The van der Waals surface area contributed by atoms with E-state index in [1.54, 1.807) is 35.2 Å². The molecule has 2 aliphatic rings. The number of rotatable bonds is 3. The van der Waals surface area contributed by atoms with Gasteiger partial charge in [-0.3, -0.25) is 14.6 Å². The van der Waals surface area contributed by atoms with Crippen molar-refractivity contribution in [3.8, 4) is 0 Å². The van der Waals surface area contributed by atoms with E-state index in [1.165, 1.54) is 0 Å². The van der Waals surface area contributed by atoms with Crippen molar-refractivity contribution in [2.75, 3.05) is 23.0 Å². The van der Waals surface area contributed by atoms with E-state index in [0.29, 0.717) is 16.8 Å². The molecule has 132 valence electrons. The maximum atomic E-state index is 13.0. The van der Waals surface area contributed by atoms with Crippen molar-refractivity contribution < 1.29 is 14.7 Å². The molecule has 1 atom stereocenters. The molecule has 0 bridgehead atoms. The normalized spacial score (nSPS) is 18.7. The minimum absolute atomic E-state index is 0.158. The largest absolute Gasteiger partial charge is 0.481 e. The number of fused-ring (bicyclic) bond motifs is 1. The number of hydrogen-bond acceptors (Lipinski definition) is 4. The lowest BCUT2D eigenvalue weighted by molar-refractivity contribution is -0.138. The molecule has 0 radical (unpaired) electrons. The van der Waals surface area contributed by atoms with Crippen LogP contribution in [-0.4, -0.2) is 35.8 Å². The van der Waals surface area contributed by atoms with Crippen LogP contribution in [0.1, 0.15) is 35.2 Å². The predicted molar refractivity (Wildman–Crippen MR) is 100 cm³/mol. The van der Waals surface area contributed by atoms with Crippen LogP contribution >= 0.6 is 0 Å². The van der Waals surface area contributed by atoms with Crippen LogP contribution in [0.5, 0.6) is 0 Å². The molecule has 0 fully saturated rings. The fourth-order valence-electron chi connectivity index (χ4n) is 3.50. The predicted octanol–water partition coefficient (Wildman–Crippen LogP) is 3.10. The number of hydrazone groups is 1. The number of anilines is 2. The molecule has 0 aromatic heterocycles. The zero-order valence-electron chi connectivity index (χ0n) is 14.4. The Morgan fingerprint density at radius 3 is 2.50 bits per heavy atom. The summed E-state index contributed by atoms with van der Waals surface area (Å²) in [6.45, 7) is 3.01. The number of carbonyl (C=O) groups is 2. The molecule has 0 saturated carbocycles. The van der Waals surface area contributed by atoms with Crippen LogP contribution in [0, 0.1) is 0 Å². The zero-order chi connectivity index (χ0) is 18.3. The topological polar surface area (TPSA) is 73.2 Å². The van der Waals surface area contributed by atoms with Gasteiger partial charge in [0.15, 0.2) is 0 Å². The van der Waals surface area contributed by atoms with E-state index < -0.39 is 11.9 Å². The first-order valence-corrected chi connectivity index (χ1v) is 8.60. The molecule has 0 saturated heterocycles. The third kappa shape index (κ3) is 2.73. The molecule has 2 aromatic rings. The Kier molecular flexibility index (Phi) is 3.95. The minimum atomic E-state index is -0.912. The van der Waals surface area contributed by atoms with Crippen molar-refractivity contribution in [1.29, 1.82) is 0 Å². The Labute approximate surface area is 151 Å². The van der Waals surface area contributed by atoms with Crippen LogP contribution in [0.25, 0.3) is 0 Å². The number of hydrogen-bond donors (Lipinski definition) is 1. The molecule has 4 rings (SSSR count). The lowest BCUT2D eigenvalue weighted by atomic mass is 10.0. The molecule has 1 amide bonds. The van der Waals surface area contributed by atoms with Crippen LogP contribution in [0.15, 0.2) is 53.6 Å². The molecule has 2 aromatic carbocycles. The molecule has 2 heterocycles. The van der Waals surface area contributed by atoms with E-state index in [4.69, 9.17) is 0 Å². The van der Waals surface area contributed by atoms with Gasteiger partial charge in [0.1, 0.15) is 5.92 Å². The number of nitrogens with zero attached hydrogens (tertiary/aromatic N) is 3. The summed E-state index contributed by atoms with van der Waals surface area (Å²) < 4.78 is 0. The summed E-state index contributed by atoms with van der Waals surface area (Å²) in [4.78, 5) is 26.0.